The largest absolute Gasteiger partial charge is 0.0833 e. The molecule has 3 unspecified atom stereocenters. The van der Waals surface area contributed by atoms with E-state index in [1.165, 1.54) is 18.4 Å². The first-order valence-electron chi connectivity index (χ1n) is 8.28. The Morgan fingerprint density at radius 2 is 1.57 bits per heavy atom. The van der Waals surface area contributed by atoms with Crippen molar-refractivity contribution in [2.75, 3.05) is 0 Å². The van der Waals surface area contributed by atoms with Gasteiger partial charge in [-0.15, -0.1) is 0 Å². The average Bonchev–Trinajstić information content (AvgIpc) is 3.11. The molecule has 0 radical (unpaired) electrons. The highest BCUT2D eigenvalue weighted by Crippen LogP contribution is 2.51. The molecule has 0 aromatic rings. The van der Waals surface area contributed by atoms with Gasteiger partial charge >= 0.3 is 0 Å². The van der Waals surface area contributed by atoms with Crippen LogP contribution in [0, 0.1) is 17.8 Å². The fourth-order valence-electron chi connectivity index (χ4n) is 4.47. The lowest BCUT2D eigenvalue weighted by atomic mass is 9.92. The molecular formula is C20H24Si. The minimum absolute atomic E-state index is 0.556. The quantitative estimate of drug-likeness (QED) is 0.601. The maximum absolute atomic E-state index is 2.59. The van der Waals surface area contributed by atoms with Crippen molar-refractivity contribution in [3.8, 4) is 0 Å². The van der Waals surface area contributed by atoms with Crippen molar-refractivity contribution in [2.45, 2.75) is 31.5 Å². The van der Waals surface area contributed by atoms with E-state index in [2.05, 4.69) is 73.9 Å². The molecule has 21 heavy (non-hydrogen) atoms. The Hall–Kier alpha value is -1.34. The Balaban J connectivity index is 1.59. The van der Waals surface area contributed by atoms with Crippen LogP contribution in [-0.4, -0.2) is 8.07 Å². The van der Waals surface area contributed by atoms with Gasteiger partial charge in [0.1, 0.15) is 0 Å². The predicted molar refractivity (Wildman–Crippen MR) is 93.7 cm³/mol. The summed E-state index contributed by atoms with van der Waals surface area (Å²) in [6.07, 6.45) is 26.2. The molecular weight excluding hydrogens is 268 g/mol. The monoisotopic (exact) mass is 292 g/mol. The van der Waals surface area contributed by atoms with E-state index in [9.17, 15) is 0 Å². The zero-order valence-corrected chi connectivity index (χ0v) is 14.0. The molecule has 1 fully saturated rings. The maximum Gasteiger partial charge on any atom is 0.0833 e. The van der Waals surface area contributed by atoms with Crippen LogP contribution in [0.5, 0.6) is 0 Å². The first kappa shape index (κ1) is 13.3. The molecule has 0 nitrogen and oxygen atoms in total. The standard InChI is InChI=1S/C20H24Si/c1-21(2,19-11-15-7-3-4-8-16(15)12-19)20-13-17-9-5-6-10-18(17)14-20/h3-12,15,17-18,20H,13-14H2,1-2H3. The Kier molecular flexibility index (Phi) is 3.07. The zero-order chi connectivity index (χ0) is 14.4. The summed E-state index contributed by atoms with van der Waals surface area (Å²) in [5.41, 5.74) is 2.43. The molecule has 0 heterocycles. The normalized spacial score (nSPS) is 36.5. The van der Waals surface area contributed by atoms with E-state index in [1.54, 1.807) is 5.20 Å². The minimum Gasteiger partial charge on any atom is -0.0808 e. The molecule has 0 aromatic carbocycles. The summed E-state index contributed by atoms with van der Waals surface area (Å²) in [6, 6.07) is 0. The number of allylic oxidation sites excluding steroid dienone is 12. The van der Waals surface area contributed by atoms with E-state index in [-0.39, 0.29) is 0 Å². The van der Waals surface area contributed by atoms with E-state index in [1.807, 2.05) is 0 Å². The first-order chi connectivity index (χ1) is 10.1. The van der Waals surface area contributed by atoms with Crippen molar-refractivity contribution in [1.82, 2.24) is 0 Å². The van der Waals surface area contributed by atoms with Gasteiger partial charge in [-0.05, 0) is 35.8 Å². The molecule has 0 N–H and O–H groups in total. The van der Waals surface area contributed by atoms with E-state index in [0.29, 0.717) is 5.92 Å². The lowest BCUT2D eigenvalue weighted by Gasteiger charge is -2.30. The van der Waals surface area contributed by atoms with Crippen LogP contribution >= 0.6 is 0 Å². The Labute approximate surface area is 129 Å². The first-order valence-corrected chi connectivity index (χ1v) is 11.4. The third-order valence-electron chi connectivity index (χ3n) is 6.04. The van der Waals surface area contributed by atoms with Crippen molar-refractivity contribution in [3.05, 3.63) is 71.5 Å². The van der Waals surface area contributed by atoms with Crippen LogP contribution in [0.15, 0.2) is 71.5 Å². The second-order valence-corrected chi connectivity index (χ2v) is 12.4. The molecule has 0 saturated heterocycles. The van der Waals surface area contributed by atoms with Crippen LogP contribution in [-0.2, 0) is 0 Å². The molecule has 4 aliphatic carbocycles. The van der Waals surface area contributed by atoms with Gasteiger partial charge in [0.15, 0.2) is 0 Å². The smallest absolute Gasteiger partial charge is 0.0808 e. The van der Waals surface area contributed by atoms with Gasteiger partial charge < -0.3 is 0 Å². The van der Waals surface area contributed by atoms with Crippen molar-refractivity contribution in [3.63, 3.8) is 0 Å². The van der Waals surface area contributed by atoms with Gasteiger partial charge in [0.05, 0.1) is 8.07 Å². The third kappa shape index (κ3) is 2.19. The summed E-state index contributed by atoms with van der Waals surface area (Å²) in [5.74, 6) is 2.17. The van der Waals surface area contributed by atoms with Crippen molar-refractivity contribution in [2.24, 2.45) is 17.8 Å². The molecule has 3 atom stereocenters. The van der Waals surface area contributed by atoms with Gasteiger partial charge in [-0.1, -0.05) is 79.1 Å². The van der Waals surface area contributed by atoms with Crippen LogP contribution in [0.2, 0.25) is 18.6 Å². The van der Waals surface area contributed by atoms with Gasteiger partial charge in [0.25, 0.3) is 0 Å². The summed E-state index contributed by atoms with van der Waals surface area (Å²) >= 11 is 0. The van der Waals surface area contributed by atoms with E-state index < -0.39 is 8.07 Å². The Morgan fingerprint density at radius 3 is 2.24 bits per heavy atom. The van der Waals surface area contributed by atoms with Crippen LogP contribution < -0.4 is 0 Å². The molecule has 1 heteroatoms. The van der Waals surface area contributed by atoms with Gasteiger partial charge in [-0.25, -0.2) is 0 Å². The molecule has 0 bridgehead atoms. The van der Waals surface area contributed by atoms with Crippen molar-refractivity contribution < 1.29 is 0 Å². The molecule has 4 rings (SSSR count). The fraction of sp³-hybridized carbons (Fsp3) is 0.400. The molecule has 108 valence electrons. The van der Waals surface area contributed by atoms with Gasteiger partial charge in [0.2, 0.25) is 0 Å². The Bertz CT molecular complexity index is 604. The molecule has 1 saturated carbocycles. The molecule has 4 aliphatic rings. The number of hydrogen-bond acceptors (Lipinski definition) is 0. The summed E-state index contributed by atoms with van der Waals surface area (Å²) in [4.78, 5) is 0. The molecule has 0 aliphatic heterocycles. The van der Waals surface area contributed by atoms with Gasteiger partial charge in [-0.2, -0.15) is 0 Å². The SMILES string of the molecule is C[Si](C)(C1=CC2C=CC=CC2=C1)C1CC2C=CC=CC2C1. The van der Waals surface area contributed by atoms with Crippen LogP contribution in [0.4, 0.5) is 0 Å². The van der Waals surface area contributed by atoms with Gasteiger partial charge in [0, 0.05) is 5.92 Å². The van der Waals surface area contributed by atoms with Crippen LogP contribution in [0.3, 0.4) is 0 Å². The highest BCUT2D eigenvalue weighted by atomic mass is 28.3. The topological polar surface area (TPSA) is 0 Å². The second-order valence-electron chi connectivity index (χ2n) is 7.52. The predicted octanol–water partition coefficient (Wildman–Crippen LogP) is 5.37. The lowest BCUT2D eigenvalue weighted by molar-refractivity contribution is 0.552. The van der Waals surface area contributed by atoms with Crippen LogP contribution in [0.1, 0.15) is 12.8 Å². The van der Waals surface area contributed by atoms with Gasteiger partial charge in [-0.3, -0.25) is 0 Å². The fourth-order valence-corrected chi connectivity index (χ4v) is 7.82. The maximum atomic E-state index is 2.59. The highest BCUT2D eigenvalue weighted by Gasteiger charge is 2.43. The van der Waals surface area contributed by atoms with Crippen LogP contribution in [0.25, 0.3) is 0 Å². The lowest BCUT2D eigenvalue weighted by Crippen LogP contribution is -2.33. The average molecular weight is 292 g/mol. The van der Waals surface area contributed by atoms with E-state index >= 15 is 0 Å². The summed E-state index contributed by atoms with van der Waals surface area (Å²) in [7, 11) is -1.36. The molecule has 0 spiro atoms. The minimum atomic E-state index is -1.36. The third-order valence-corrected chi connectivity index (χ3v) is 10.4. The molecule has 0 amide bonds. The summed E-state index contributed by atoms with van der Waals surface area (Å²) < 4.78 is 0. The van der Waals surface area contributed by atoms with E-state index in [4.69, 9.17) is 0 Å². The Morgan fingerprint density at radius 1 is 0.905 bits per heavy atom. The number of hydrogen-bond donors (Lipinski definition) is 0. The van der Waals surface area contributed by atoms with E-state index in [0.717, 1.165) is 17.4 Å². The second kappa shape index (κ2) is 4.84. The summed E-state index contributed by atoms with van der Waals surface area (Å²) in [6.45, 7) is 5.19. The molecule has 0 aromatic heterocycles. The van der Waals surface area contributed by atoms with Crippen molar-refractivity contribution >= 4 is 8.07 Å². The summed E-state index contributed by atoms with van der Waals surface area (Å²) in [5, 5.41) is 1.69. The number of rotatable bonds is 2. The highest BCUT2D eigenvalue weighted by molar-refractivity contribution is 6.86. The number of fused-ring (bicyclic) bond motifs is 2. The zero-order valence-electron chi connectivity index (χ0n) is 13.0. The van der Waals surface area contributed by atoms with Crippen molar-refractivity contribution in [1.29, 1.82) is 0 Å².